The normalized spacial score (nSPS) is 11.8. The summed E-state index contributed by atoms with van der Waals surface area (Å²) in [6, 6.07) is 0. The molecule has 0 aliphatic heterocycles. The lowest BCUT2D eigenvalue weighted by atomic mass is 10.6. The molecule has 0 spiro atoms. The van der Waals surface area contributed by atoms with Crippen LogP contribution in [0.1, 0.15) is 0 Å². The van der Waals surface area contributed by atoms with E-state index < -0.39 is 10.1 Å². The van der Waals surface area contributed by atoms with Gasteiger partial charge in [-0.1, -0.05) is 0 Å². The van der Waals surface area contributed by atoms with Gasteiger partial charge in [-0.2, -0.15) is 8.42 Å². The second kappa shape index (κ2) is 5.48. The third kappa shape index (κ3) is 9.83. The number of nitrogens with one attached hydrogen (secondary N) is 1. The van der Waals surface area contributed by atoms with Crippen molar-refractivity contribution in [2.24, 2.45) is 0 Å². The summed E-state index contributed by atoms with van der Waals surface area (Å²) in [5, 5.41) is 2.78. The highest BCUT2D eigenvalue weighted by atomic mass is 32.2. The molecule has 5 nitrogen and oxygen atoms in total. The summed E-state index contributed by atoms with van der Waals surface area (Å²) in [5.41, 5.74) is 0. The van der Waals surface area contributed by atoms with Gasteiger partial charge in [-0.25, -0.2) is 0 Å². The maximum atomic E-state index is 10.1. The molecule has 0 bridgehead atoms. The van der Waals surface area contributed by atoms with Crippen molar-refractivity contribution in [1.29, 1.82) is 0 Å². The molecule has 0 radical (unpaired) electrons. The van der Waals surface area contributed by atoms with Crippen LogP contribution in [0.25, 0.3) is 0 Å². The molecule has 6 heteroatoms. The number of rotatable bonds is 6. The van der Waals surface area contributed by atoms with Gasteiger partial charge in [-0.05, 0) is 0 Å². The summed E-state index contributed by atoms with van der Waals surface area (Å²) in [4.78, 5) is 0. The summed E-state index contributed by atoms with van der Waals surface area (Å²) in [7, 11) is -2.25. The van der Waals surface area contributed by atoms with E-state index >= 15 is 0 Å². The number of ether oxygens (including phenoxy) is 1. The van der Waals surface area contributed by atoms with Crippen molar-refractivity contribution in [2.45, 2.75) is 0 Å². The quantitative estimate of drug-likeness (QED) is 0.413. The number of hydrogen-bond donors (Lipinski definition) is 2. The second-order valence-corrected chi connectivity index (χ2v) is 3.60. The lowest BCUT2D eigenvalue weighted by Gasteiger charge is -2.00. The molecule has 11 heavy (non-hydrogen) atoms. The van der Waals surface area contributed by atoms with Crippen LogP contribution in [0.15, 0.2) is 0 Å². The van der Waals surface area contributed by atoms with Gasteiger partial charge in [0.2, 0.25) is 0 Å². The molecule has 0 atom stereocenters. The fraction of sp³-hybridized carbons (Fsp3) is 1.00. The van der Waals surface area contributed by atoms with E-state index in [9.17, 15) is 8.42 Å². The Kier molecular flexibility index (Phi) is 5.39. The molecule has 0 aliphatic rings. The van der Waals surface area contributed by atoms with E-state index in [2.05, 4.69) is 5.32 Å². The minimum absolute atomic E-state index is 0.252. The fourth-order valence-electron chi connectivity index (χ4n) is 0.500. The van der Waals surface area contributed by atoms with Crippen LogP contribution in [0.3, 0.4) is 0 Å². The standard InChI is InChI=1S/C5H13NO4S/c1-10-4-2-6-3-5-11(7,8)9/h6H,2-5H2,1H3,(H,7,8,9). The first-order chi connectivity index (χ1) is 5.06. The molecule has 0 rings (SSSR count). The van der Waals surface area contributed by atoms with E-state index in [1.165, 1.54) is 0 Å². The van der Waals surface area contributed by atoms with Crippen molar-refractivity contribution >= 4 is 10.1 Å². The maximum Gasteiger partial charge on any atom is 0.266 e. The summed E-state index contributed by atoms with van der Waals surface area (Å²) in [6.45, 7) is 1.37. The Morgan fingerprint density at radius 2 is 2.09 bits per heavy atom. The molecule has 0 unspecified atom stereocenters. The lowest BCUT2D eigenvalue weighted by molar-refractivity contribution is 0.200. The Labute approximate surface area is 66.5 Å². The van der Waals surface area contributed by atoms with Gasteiger partial charge in [0.1, 0.15) is 0 Å². The molecule has 68 valence electrons. The van der Waals surface area contributed by atoms with Crippen molar-refractivity contribution in [1.82, 2.24) is 5.32 Å². The predicted octanol–water partition coefficient (Wildman–Crippen LogP) is -0.890. The van der Waals surface area contributed by atoms with Crippen LogP contribution >= 0.6 is 0 Å². The predicted molar refractivity (Wildman–Crippen MR) is 41.2 cm³/mol. The van der Waals surface area contributed by atoms with Gasteiger partial charge in [0.05, 0.1) is 12.4 Å². The molecule has 0 aromatic carbocycles. The van der Waals surface area contributed by atoms with Gasteiger partial charge in [0.15, 0.2) is 0 Å². The van der Waals surface area contributed by atoms with Crippen molar-refractivity contribution in [2.75, 3.05) is 32.6 Å². The van der Waals surface area contributed by atoms with Gasteiger partial charge < -0.3 is 10.1 Å². The molecular weight excluding hydrogens is 170 g/mol. The van der Waals surface area contributed by atoms with Gasteiger partial charge >= 0.3 is 0 Å². The third-order valence-electron chi connectivity index (χ3n) is 1.02. The van der Waals surface area contributed by atoms with Gasteiger partial charge in [-0.15, -0.1) is 0 Å². The minimum Gasteiger partial charge on any atom is -0.383 e. The van der Waals surface area contributed by atoms with Crippen LogP contribution in [-0.2, 0) is 14.9 Å². The smallest absolute Gasteiger partial charge is 0.266 e. The molecule has 0 aromatic heterocycles. The summed E-state index contributed by atoms with van der Waals surface area (Å²) >= 11 is 0. The molecule has 0 amide bonds. The fourth-order valence-corrected chi connectivity index (χ4v) is 0.903. The number of hydrogen-bond acceptors (Lipinski definition) is 4. The molecular formula is C5H13NO4S. The van der Waals surface area contributed by atoms with Crippen LogP contribution in [-0.4, -0.2) is 45.5 Å². The maximum absolute atomic E-state index is 10.1. The Morgan fingerprint density at radius 3 is 2.55 bits per heavy atom. The zero-order valence-electron chi connectivity index (χ0n) is 6.41. The molecule has 0 aromatic rings. The zero-order valence-corrected chi connectivity index (χ0v) is 7.23. The van der Waals surface area contributed by atoms with E-state index in [1.54, 1.807) is 7.11 Å². The van der Waals surface area contributed by atoms with Crippen molar-refractivity contribution < 1.29 is 17.7 Å². The van der Waals surface area contributed by atoms with Gasteiger partial charge in [0, 0.05) is 20.2 Å². The molecule has 0 fully saturated rings. The summed E-state index contributed by atoms with van der Waals surface area (Å²) < 4.78 is 33.3. The SMILES string of the molecule is COCCNCCS(=O)(=O)O. The van der Waals surface area contributed by atoms with E-state index in [4.69, 9.17) is 9.29 Å². The van der Waals surface area contributed by atoms with Crippen LogP contribution in [0, 0.1) is 0 Å². The molecule has 2 N–H and O–H groups in total. The third-order valence-corrected chi connectivity index (χ3v) is 1.74. The molecule has 0 heterocycles. The first-order valence-electron chi connectivity index (χ1n) is 3.21. The van der Waals surface area contributed by atoms with Crippen molar-refractivity contribution in [3.63, 3.8) is 0 Å². The molecule has 0 aliphatic carbocycles. The highest BCUT2D eigenvalue weighted by Crippen LogP contribution is 1.77. The Hall–Kier alpha value is -0.170. The lowest BCUT2D eigenvalue weighted by Crippen LogP contribution is -2.25. The first-order valence-corrected chi connectivity index (χ1v) is 4.82. The van der Waals surface area contributed by atoms with Crippen LogP contribution < -0.4 is 5.32 Å². The monoisotopic (exact) mass is 183 g/mol. The highest BCUT2D eigenvalue weighted by Gasteiger charge is 2.01. The van der Waals surface area contributed by atoms with E-state index in [1.807, 2.05) is 0 Å². The zero-order chi connectivity index (χ0) is 8.74. The van der Waals surface area contributed by atoms with Crippen LogP contribution in [0.4, 0.5) is 0 Å². The second-order valence-electron chi connectivity index (χ2n) is 2.03. The van der Waals surface area contributed by atoms with Crippen LogP contribution in [0.2, 0.25) is 0 Å². The number of methoxy groups -OCH3 is 1. The average molecular weight is 183 g/mol. The van der Waals surface area contributed by atoms with Crippen molar-refractivity contribution in [3.05, 3.63) is 0 Å². The van der Waals surface area contributed by atoms with Crippen molar-refractivity contribution in [3.8, 4) is 0 Å². The largest absolute Gasteiger partial charge is 0.383 e. The Bertz CT molecular complexity index is 177. The van der Waals surface area contributed by atoms with Gasteiger partial charge in [0.25, 0.3) is 10.1 Å². The average Bonchev–Trinajstić information content (AvgIpc) is 1.85. The summed E-state index contributed by atoms with van der Waals surface area (Å²) in [6.07, 6.45) is 0. The highest BCUT2D eigenvalue weighted by molar-refractivity contribution is 7.85. The Morgan fingerprint density at radius 1 is 1.45 bits per heavy atom. The van der Waals surface area contributed by atoms with E-state index in [0.717, 1.165) is 0 Å². The van der Waals surface area contributed by atoms with E-state index in [0.29, 0.717) is 13.2 Å². The molecule has 0 saturated carbocycles. The topological polar surface area (TPSA) is 75.6 Å². The minimum atomic E-state index is -3.81. The first kappa shape index (κ1) is 10.8. The van der Waals surface area contributed by atoms with Crippen LogP contribution in [0.5, 0.6) is 0 Å². The Balaban J connectivity index is 3.16. The molecule has 0 saturated heterocycles. The van der Waals surface area contributed by atoms with E-state index in [-0.39, 0.29) is 12.3 Å². The summed E-state index contributed by atoms with van der Waals surface area (Å²) in [5.74, 6) is -0.253. The van der Waals surface area contributed by atoms with Gasteiger partial charge in [-0.3, -0.25) is 4.55 Å².